The molecule has 3 aromatic rings. The van der Waals surface area contributed by atoms with E-state index in [2.05, 4.69) is 11.4 Å². The lowest BCUT2D eigenvalue weighted by molar-refractivity contribution is 0.104. The Labute approximate surface area is 113 Å². The van der Waals surface area contributed by atoms with E-state index in [1.807, 2.05) is 47.8 Å². The molecule has 3 heteroatoms. The highest BCUT2D eigenvalue weighted by atomic mass is 32.1. The summed E-state index contributed by atoms with van der Waals surface area (Å²) in [7, 11) is 0. The zero-order valence-corrected chi connectivity index (χ0v) is 11.1. The number of carbonyl (C=O) groups excluding carboxylic acids is 1. The zero-order chi connectivity index (χ0) is 12.4. The van der Waals surface area contributed by atoms with Gasteiger partial charge in [0.25, 0.3) is 0 Å². The molecular formula is C15H10OS2. The maximum Gasteiger partial charge on any atom is 0.202 e. The monoisotopic (exact) mass is 270 g/mol. The SMILES string of the molecule is O=C(c1ccc(-c2cccs2)cc1)c1cccs1. The first-order chi connectivity index (χ1) is 8.84. The van der Waals surface area contributed by atoms with Crippen molar-refractivity contribution in [3.63, 3.8) is 0 Å². The van der Waals surface area contributed by atoms with Gasteiger partial charge in [0, 0.05) is 10.4 Å². The number of rotatable bonds is 3. The highest BCUT2D eigenvalue weighted by Crippen LogP contribution is 2.25. The molecule has 0 aliphatic heterocycles. The van der Waals surface area contributed by atoms with Crippen molar-refractivity contribution < 1.29 is 4.79 Å². The fourth-order valence-electron chi connectivity index (χ4n) is 1.78. The molecule has 2 aromatic heterocycles. The molecule has 1 nitrogen and oxygen atoms in total. The second-order valence-electron chi connectivity index (χ2n) is 3.86. The fourth-order valence-corrected chi connectivity index (χ4v) is 3.20. The molecule has 3 rings (SSSR count). The predicted octanol–water partition coefficient (Wildman–Crippen LogP) is 4.71. The van der Waals surface area contributed by atoms with Crippen LogP contribution in [0.15, 0.2) is 59.3 Å². The van der Waals surface area contributed by atoms with Gasteiger partial charge in [-0.15, -0.1) is 22.7 Å². The van der Waals surface area contributed by atoms with Gasteiger partial charge in [0.1, 0.15) is 0 Å². The van der Waals surface area contributed by atoms with E-state index in [0.29, 0.717) is 0 Å². The third-order valence-corrected chi connectivity index (χ3v) is 4.49. The van der Waals surface area contributed by atoms with Crippen LogP contribution in [-0.2, 0) is 0 Å². The largest absolute Gasteiger partial charge is 0.288 e. The average molecular weight is 270 g/mol. The minimum atomic E-state index is 0.0997. The van der Waals surface area contributed by atoms with Gasteiger partial charge in [-0.2, -0.15) is 0 Å². The van der Waals surface area contributed by atoms with Crippen LogP contribution in [0.25, 0.3) is 10.4 Å². The molecule has 0 aliphatic rings. The minimum absolute atomic E-state index is 0.0997. The maximum absolute atomic E-state index is 12.1. The van der Waals surface area contributed by atoms with Gasteiger partial charge in [0.15, 0.2) is 0 Å². The van der Waals surface area contributed by atoms with Crippen LogP contribution in [0.1, 0.15) is 15.2 Å². The van der Waals surface area contributed by atoms with Crippen LogP contribution in [0, 0.1) is 0 Å². The molecule has 0 fully saturated rings. The molecule has 0 bridgehead atoms. The smallest absolute Gasteiger partial charge is 0.202 e. The summed E-state index contributed by atoms with van der Waals surface area (Å²) in [6, 6.07) is 15.7. The molecule has 0 amide bonds. The zero-order valence-electron chi connectivity index (χ0n) is 9.50. The summed E-state index contributed by atoms with van der Waals surface area (Å²) < 4.78 is 0. The van der Waals surface area contributed by atoms with Crippen LogP contribution in [0.5, 0.6) is 0 Å². The summed E-state index contributed by atoms with van der Waals surface area (Å²) in [4.78, 5) is 14.1. The van der Waals surface area contributed by atoms with Crippen molar-refractivity contribution in [3.05, 3.63) is 69.7 Å². The lowest BCUT2D eigenvalue weighted by Gasteiger charge is -2.00. The van der Waals surface area contributed by atoms with E-state index in [1.54, 1.807) is 11.3 Å². The highest BCUT2D eigenvalue weighted by molar-refractivity contribution is 7.13. The average Bonchev–Trinajstić information content (AvgIpc) is 3.11. The van der Waals surface area contributed by atoms with Gasteiger partial charge in [0.2, 0.25) is 5.78 Å². The molecule has 0 saturated carbocycles. The first-order valence-corrected chi connectivity index (χ1v) is 7.33. The second kappa shape index (κ2) is 4.88. The van der Waals surface area contributed by atoms with E-state index in [0.717, 1.165) is 16.0 Å². The van der Waals surface area contributed by atoms with Gasteiger partial charge in [-0.3, -0.25) is 4.79 Å². The van der Waals surface area contributed by atoms with Gasteiger partial charge in [-0.25, -0.2) is 0 Å². The highest BCUT2D eigenvalue weighted by Gasteiger charge is 2.09. The number of carbonyl (C=O) groups is 1. The Kier molecular flexibility index (Phi) is 3.09. The van der Waals surface area contributed by atoms with Crippen molar-refractivity contribution >= 4 is 28.5 Å². The summed E-state index contributed by atoms with van der Waals surface area (Å²) in [5.41, 5.74) is 1.91. The first kappa shape index (κ1) is 11.4. The van der Waals surface area contributed by atoms with Gasteiger partial charge < -0.3 is 0 Å². The Bertz CT molecular complexity index is 634. The third kappa shape index (κ3) is 2.15. The summed E-state index contributed by atoms with van der Waals surface area (Å²) >= 11 is 3.19. The molecule has 0 spiro atoms. The first-order valence-electron chi connectivity index (χ1n) is 5.57. The Hall–Kier alpha value is -1.71. The molecule has 0 saturated heterocycles. The van der Waals surface area contributed by atoms with Crippen LogP contribution < -0.4 is 0 Å². The van der Waals surface area contributed by atoms with E-state index >= 15 is 0 Å². The van der Waals surface area contributed by atoms with Crippen LogP contribution in [-0.4, -0.2) is 5.78 Å². The Morgan fingerprint density at radius 2 is 1.56 bits per heavy atom. The molecule has 0 N–H and O–H groups in total. The van der Waals surface area contributed by atoms with Crippen molar-refractivity contribution in [1.29, 1.82) is 0 Å². The van der Waals surface area contributed by atoms with Gasteiger partial charge in [0.05, 0.1) is 4.88 Å². The Morgan fingerprint density at radius 3 is 2.17 bits per heavy atom. The van der Waals surface area contributed by atoms with E-state index in [-0.39, 0.29) is 5.78 Å². The minimum Gasteiger partial charge on any atom is -0.288 e. The van der Waals surface area contributed by atoms with Gasteiger partial charge >= 0.3 is 0 Å². The van der Waals surface area contributed by atoms with E-state index < -0.39 is 0 Å². The van der Waals surface area contributed by atoms with Crippen LogP contribution in [0.3, 0.4) is 0 Å². The molecule has 88 valence electrons. The standard InChI is InChI=1S/C15H10OS2/c16-15(14-4-2-10-18-14)12-7-5-11(6-8-12)13-3-1-9-17-13/h1-10H. The summed E-state index contributed by atoms with van der Waals surface area (Å²) in [5, 5.41) is 3.98. The molecular weight excluding hydrogens is 260 g/mol. The van der Waals surface area contributed by atoms with Crippen molar-refractivity contribution in [3.8, 4) is 10.4 Å². The summed E-state index contributed by atoms with van der Waals surface area (Å²) in [5.74, 6) is 0.0997. The molecule has 0 radical (unpaired) electrons. The van der Waals surface area contributed by atoms with E-state index in [9.17, 15) is 4.79 Å². The van der Waals surface area contributed by atoms with Crippen molar-refractivity contribution in [2.45, 2.75) is 0 Å². The topological polar surface area (TPSA) is 17.1 Å². The number of hydrogen-bond acceptors (Lipinski definition) is 3. The number of hydrogen-bond donors (Lipinski definition) is 0. The van der Waals surface area contributed by atoms with Crippen LogP contribution >= 0.6 is 22.7 Å². The molecule has 0 atom stereocenters. The van der Waals surface area contributed by atoms with E-state index in [1.165, 1.54) is 16.2 Å². The lowest BCUT2D eigenvalue weighted by atomic mass is 10.1. The summed E-state index contributed by atoms with van der Waals surface area (Å²) in [6.07, 6.45) is 0. The molecule has 18 heavy (non-hydrogen) atoms. The Morgan fingerprint density at radius 1 is 0.833 bits per heavy atom. The van der Waals surface area contributed by atoms with Crippen molar-refractivity contribution in [2.75, 3.05) is 0 Å². The predicted molar refractivity (Wildman–Crippen MR) is 77.5 cm³/mol. The number of ketones is 1. The van der Waals surface area contributed by atoms with Crippen molar-refractivity contribution in [2.24, 2.45) is 0 Å². The fraction of sp³-hybridized carbons (Fsp3) is 0. The molecule has 0 aliphatic carbocycles. The second-order valence-corrected chi connectivity index (χ2v) is 5.76. The lowest BCUT2D eigenvalue weighted by Crippen LogP contribution is -1.97. The van der Waals surface area contributed by atoms with Gasteiger partial charge in [-0.1, -0.05) is 36.4 Å². The van der Waals surface area contributed by atoms with Crippen LogP contribution in [0.2, 0.25) is 0 Å². The third-order valence-electron chi connectivity index (χ3n) is 2.70. The van der Waals surface area contributed by atoms with Crippen LogP contribution in [0.4, 0.5) is 0 Å². The molecule has 2 heterocycles. The number of benzene rings is 1. The normalized spacial score (nSPS) is 10.4. The van der Waals surface area contributed by atoms with Gasteiger partial charge in [-0.05, 0) is 28.5 Å². The Balaban J connectivity index is 1.90. The summed E-state index contributed by atoms with van der Waals surface area (Å²) in [6.45, 7) is 0. The maximum atomic E-state index is 12.1. The number of thiophene rings is 2. The van der Waals surface area contributed by atoms with Crippen molar-refractivity contribution in [1.82, 2.24) is 0 Å². The molecule has 0 unspecified atom stereocenters. The quantitative estimate of drug-likeness (QED) is 0.630. The van der Waals surface area contributed by atoms with E-state index in [4.69, 9.17) is 0 Å². The molecule has 1 aromatic carbocycles.